The molecule has 3 nitrogen and oxygen atoms in total. The van der Waals surface area contributed by atoms with Gasteiger partial charge in [0.25, 0.3) is 0 Å². The topological polar surface area (TPSA) is 41.5 Å². The van der Waals surface area contributed by atoms with Gasteiger partial charge in [-0.25, -0.2) is 0 Å². The van der Waals surface area contributed by atoms with Crippen molar-refractivity contribution in [3.05, 3.63) is 29.3 Å². The molecule has 0 aromatic heterocycles. The van der Waals surface area contributed by atoms with E-state index in [2.05, 4.69) is 37.4 Å². The predicted octanol–water partition coefficient (Wildman–Crippen LogP) is 1.87. The van der Waals surface area contributed by atoms with E-state index >= 15 is 0 Å². The molecule has 3 heteroatoms. The van der Waals surface area contributed by atoms with E-state index < -0.39 is 0 Å². The highest BCUT2D eigenvalue weighted by atomic mass is 16.5. The lowest BCUT2D eigenvalue weighted by Crippen LogP contribution is -2.33. The molecule has 100 valence electrons. The Morgan fingerprint density at radius 3 is 3.00 bits per heavy atom. The van der Waals surface area contributed by atoms with Gasteiger partial charge >= 0.3 is 0 Å². The Kier molecular flexibility index (Phi) is 4.25. The Morgan fingerprint density at radius 1 is 1.39 bits per heavy atom. The van der Waals surface area contributed by atoms with Crippen LogP contribution in [0.5, 0.6) is 5.75 Å². The Morgan fingerprint density at radius 2 is 2.22 bits per heavy atom. The summed E-state index contributed by atoms with van der Waals surface area (Å²) in [6.45, 7) is 7.35. The van der Waals surface area contributed by atoms with Crippen molar-refractivity contribution < 1.29 is 9.84 Å². The average molecular weight is 249 g/mol. The lowest BCUT2D eigenvalue weighted by atomic mass is 9.83. The van der Waals surface area contributed by atoms with E-state index in [0.29, 0.717) is 0 Å². The molecule has 0 atom stereocenters. The maximum Gasteiger partial charge on any atom is 0.122 e. The van der Waals surface area contributed by atoms with Crippen molar-refractivity contribution in [2.75, 3.05) is 26.3 Å². The second-order valence-electron chi connectivity index (χ2n) is 5.56. The van der Waals surface area contributed by atoms with E-state index in [4.69, 9.17) is 9.84 Å². The van der Waals surface area contributed by atoms with Crippen molar-refractivity contribution in [3.8, 4) is 5.75 Å². The highest BCUT2D eigenvalue weighted by Gasteiger charge is 2.22. The number of hydrogen-bond donors (Lipinski definition) is 2. The minimum absolute atomic E-state index is 0.104. The van der Waals surface area contributed by atoms with Crippen LogP contribution >= 0.6 is 0 Å². The monoisotopic (exact) mass is 249 g/mol. The van der Waals surface area contributed by atoms with Crippen LogP contribution in [-0.4, -0.2) is 31.4 Å². The SMILES string of the molecule is CC(C)(CNCCCO)c1ccc2c(c1)CCO2. The van der Waals surface area contributed by atoms with Crippen molar-refractivity contribution in [2.24, 2.45) is 0 Å². The molecule has 0 unspecified atom stereocenters. The Balaban J connectivity index is 2.00. The van der Waals surface area contributed by atoms with Crippen LogP contribution in [0.4, 0.5) is 0 Å². The number of aliphatic hydroxyl groups is 1. The van der Waals surface area contributed by atoms with E-state index in [-0.39, 0.29) is 12.0 Å². The van der Waals surface area contributed by atoms with Gasteiger partial charge in [0.15, 0.2) is 0 Å². The predicted molar refractivity (Wildman–Crippen MR) is 73.2 cm³/mol. The number of nitrogens with one attached hydrogen (secondary N) is 1. The fraction of sp³-hybridized carbons (Fsp3) is 0.600. The zero-order valence-corrected chi connectivity index (χ0v) is 11.3. The summed E-state index contributed by atoms with van der Waals surface area (Å²) >= 11 is 0. The molecule has 0 fully saturated rings. The van der Waals surface area contributed by atoms with Crippen LogP contribution in [-0.2, 0) is 11.8 Å². The second-order valence-corrected chi connectivity index (χ2v) is 5.56. The van der Waals surface area contributed by atoms with Gasteiger partial charge in [-0.1, -0.05) is 26.0 Å². The minimum Gasteiger partial charge on any atom is -0.493 e. The summed E-state index contributed by atoms with van der Waals surface area (Å²) in [5.41, 5.74) is 2.78. The number of aliphatic hydroxyl groups excluding tert-OH is 1. The van der Waals surface area contributed by atoms with Gasteiger partial charge in [-0.3, -0.25) is 0 Å². The van der Waals surface area contributed by atoms with Gasteiger partial charge < -0.3 is 15.2 Å². The van der Waals surface area contributed by atoms with Gasteiger partial charge in [0.05, 0.1) is 6.61 Å². The summed E-state index contributed by atoms with van der Waals surface area (Å²) in [7, 11) is 0. The zero-order valence-electron chi connectivity index (χ0n) is 11.3. The van der Waals surface area contributed by atoms with Crippen LogP contribution in [0.3, 0.4) is 0 Å². The first-order valence-corrected chi connectivity index (χ1v) is 6.71. The van der Waals surface area contributed by atoms with E-state index in [9.17, 15) is 0 Å². The Hall–Kier alpha value is -1.06. The molecule has 1 aromatic carbocycles. The molecule has 0 spiro atoms. The third kappa shape index (κ3) is 3.03. The molecular formula is C15H23NO2. The van der Waals surface area contributed by atoms with Crippen molar-refractivity contribution in [2.45, 2.75) is 32.1 Å². The third-order valence-corrected chi connectivity index (χ3v) is 3.55. The van der Waals surface area contributed by atoms with Crippen molar-refractivity contribution in [1.29, 1.82) is 0 Å². The Bertz CT molecular complexity index is 401. The Labute approximate surface area is 109 Å². The fourth-order valence-corrected chi connectivity index (χ4v) is 2.31. The largest absolute Gasteiger partial charge is 0.493 e. The summed E-state index contributed by atoms with van der Waals surface area (Å²) in [5.74, 6) is 1.04. The van der Waals surface area contributed by atoms with Crippen LogP contribution in [0.2, 0.25) is 0 Å². The maximum atomic E-state index is 8.76. The van der Waals surface area contributed by atoms with Gasteiger partial charge in [-0.05, 0) is 30.2 Å². The van der Waals surface area contributed by atoms with Gasteiger partial charge in [0, 0.05) is 25.0 Å². The number of ether oxygens (including phenoxy) is 1. The van der Waals surface area contributed by atoms with Crippen LogP contribution in [0, 0.1) is 0 Å². The molecule has 0 radical (unpaired) electrons. The summed E-state index contributed by atoms with van der Waals surface area (Å²) < 4.78 is 5.54. The summed E-state index contributed by atoms with van der Waals surface area (Å²) in [4.78, 5) is 0. The standard InChI is InChI=1S/C15H23NO2/c1-15(2,11-16-7-3-8-17)13-4-5-14-12(10-13)6-9-18-14/h4-5,10,16-17H,3,6-9,11H2,1-2H3. The van der Waals surface area contributed by atoms with Gasteiger partial charge in [0.2, 0.25) is 0 Å². The molecule has 1 aliphatic heterocycles. The fourth-order valence-electron chi connectivity index (χ4n) is 2.31. The number of benzene rings is 1. The van der Waals surface area contributed by atoms with Crippen LogP contribution in [0.25, 0.3) is 0 Å². The van der Waals surface area contributed by atoms with Crippen molar-refractivity contribution >= 4 is 0 Å². The van der Waals surface area contributed by atoms with Gasteiger partial charge in [-0.2, -0.15) is 0 Å². The quantitative estimate of drug-likeness (QED) is 0.756. The number of rotatable bonds is 6. The molecule has 0 saturated heterocycles. The molecular weight excluding hydrogens is 226 g/mol. The highest BCUT2D eigenvalue weighted by molar-refractivity contribution is 5.42. The molecule has 0 aliphatic carbocycles. The first kappa shape index (κ1) is 13.4. The van der Waals surface area contributed by atoms with Crippen LogP contribution in [0.1, 0.15) is 31.4 Å². The second kappa shape index (κ2) is 5.72. The molecule has 1 aromatic rings. The van der Waals surface area contributed by atoms with E-state index in [0.717, 1.165) is 38.3 Å². The van der Waals surface area contributed by atoms with Gasteiger partial charge in [0.1, 0.15) is 5.75 Å². The van der Waals surface area contributed by atoms with E-state index in [1.54, 1.807) is 0 Å². The molecule has 2 N–H and O–H groups in total. The normalized spacial score (nSPS) is 14.4. The van der Waals surface area contributed by atoms with Crippen LogP contribution < -0.4 is 10.1 Å². The summed E-state index contributed by atoms with van der Waals surface area (Å²) in [6, 6.07) is 6.53. The highest BCUT2D eigenvalue weighted by Crippen LogP contribution is 2.31. The van der Waals surface area contributed by atoms with E-state index in [1.165, 1.54) is 11.1 Å². The smallest absolute Gasteiger partial charge is 0.122 e. The van der Waals surface area contributed by atoms with Gasteiger partial charge in [-0.15, -0.1) is 0 Å². The lowest BCUT2D eigenvalue weighted by molar-refractivity contribution is 0.284. The van der Waals surface area contributed by atoms with Crippen molar-refractivity contribution in [1.82, 2.24) is 5.32 Å². The zero-order chi connectivity index (χ0) is 13.0. The first-order valence-electron chi connectivity index (χ1n) is 6.71. The van der Waals surface area contributed by atoms with Crippen LogP contribution in [0.15, 0.2) is 18.2 Å². The first-order chi connectivity index (χ1) is 8.63. The summed E-state index contributed by atoms with van der Waals surface area (Å²) in [5, 5.41) is 12.2. The maximum absolute atomic E-state index is 8.76. The average Bonchev–Trinajstić information content (AvgIpc) is 2.82. The molecule has 1 aliphatic rings. The lowest BCUT2D eigenvalue weighted by Gasteiger charge is -2.26. The van der Waals surface area contributed by atoms with E-state index in [1.807, 2.05) is 0 Å². The number of fused-ring (bicyclic) bond motifs is 1. The third-order valence-electron chi connectivity index (χ3n) is 3.55. The molecule has 0 bridgehead atoms. The molecule has 0 saturated carbocycles. The summed E-state index contributed by atoms with van der Waals surface area (Å²) in [6.07, 6.45) is 1.84. The minimum atomic E-state index is 0.104. The molecule has 2 rings (SSSR count). The molecule has 0 amide bonds. The number of hydrogen-bond acceptors (Lipinski definition) is 3. The molecule has 1 heterocycles. The molecule has 18 heavy (non-hydrogen) atoms. The van der Waals surface area contributed by atoms with Crippen molar-refractivity contribution in [3.63, 3.8) is 0 Å².